The highest BCUT2D eigenvalue weighted by Gasteiger charge is 2.38. The van der Waals surface area contributed by atoms with E-state index in [1.54, 1.807) is 11.3 Å². The first-order valence-electron chi connectivity index (χ1n) is 6.90. The van der Waals surface area contributed by atoms with Crippen LogP contribution in [0.3, 0.4) is 0 Å². The van der Waals surface area contributed by atoms with Gasteiger partial charge in [0.25, 0.3) is 0 Å². The first-order chi connectivity index (χ1) is 9.18. The second-order valence-corrected chi connectivity index (χ2v) is 6.32. The number of amides is 1. The van der Waals surface area contributed by atoms with Gasteiger partial charge in [-0.2, -0.15) is 5.26 Å². The van der Waals surface area contributed by atoms with Gasteiger partial charge in [-0.05, 0) is 36.8 Å². The molecular formula is C15H20N2OS. The predicted octanol–water partition coefficient (Wildman–Crippen LogP) is 3.54. The van der Waals surface area contributed by atoms with E-state index in [0.29, 0.717) is 19.4 Å². The number of nitrogens with one attached hydrogen (secondary N) is 1. The second-order valence-electron chi connectivity index (χ2n) is 5.32. The van der Waals surface area contributed by atoms with Crippen molar-refractivity contribution in [3.05, 3.63) is 21.9 Å². The number of hydrogen-bond acceptors (Lipinski definition) is 3. The predicted molar refractivity (Wildman–Crippen MR) is 76.7 cm³/mol. The molecule has 0 aliphatic heterocycles. The molecule has 102 valence electrons. The van der Waals surface area contributed by atoms with Crippen molar-refractivity contribution in [1.29, 1.82) is 5.26 Å². The van der Waals surface area contributed by atoms with Crippen molar-refractivity contribution in [1.82, 2.24) is 5.32 Å². The number of thiophene rings is 1. The normalized spacial score (nSPS) is 18.3. The van der Waals surface area contributed by atoms with E-state index in [4.69, 9.17) is 0 Å². The zero-order valence-electron chi connectivity index (χ0n) is 11.4. The average Bonchev–Trinajstić information content (AvgIpc) is 2.68. The van der Waals surface area contributed by atoms with Crippen LogP contribution in [0.1, 0.15) is 49.0 Å². The highest BCUT2D eigenvalue weighted by atomic mass is 32.1. The fourth-order valence-corrected chi connectivity index (χ4v) is 3.48. The maximum absolute atomic E-state index is 12.4. The molecule has 0 spiro atoms. The molecule has 0 radical (unpaired) electrons. The summed E-state index contributed by atoms with van der Waals surface area (Å²) in [5, 5.41) is 14.4. The van der Waals surface area contributed by atoms with E-state index in [2.05, 4.69) is 17.5 Å². The fourth-order valence-electron chi connectivity index (χ4n) is 2.64. The molecule has 4 heteroatoms. The zero-order chi connectivity index (χ0) is 13.7. The van der Waals surface area contributed by atoms with E-state index in [1.807, 2.05) is 12.3 Å². The Bertz CT molecular complexity index is 479. The SMILES string of the molecule is Cc1ccsc1CNC(=O)C1(C#N)CCCCCC1. The molecular weight excluding hydrogens is 256 g/mol. The summed E-state index contributed by atoms with van der Waals surface area (Å²) >= 11 is 1.65. The lowest BCUT2D eigenvalue weighted by Crippen LogP contribution is -2.39. The lowest BCUT2D eigenvalue weighted by Gasteiger charge is -2.23. The van der Waals surface area contributed by atoms with Crippen LogP contribution in [-0.4, -0.2) is 5.91 Å². The molecule has 1 fully saturated rings. The molecule has 1 amide bonds. The Balaban J connectivity index is 2.01. The van der Waals surface area contributed by atoms with E-state index in [9.17, 15) is 10.1 Å². The average molecular weight is 276 g/mol. The van der Waals surface area contributed by atoms with Crippen LogP contribution < -0.4 is 5.32 Å². The van der Waals surface area contributed by atoms with Gasteiger partial charge < -0.3 is 5.32 Å². The van der Waals surface area contributed by atoms with Gasteiger partial charge in [-0.15, -0.1) is 11.3 Å². The number of carbonyl (C=O) groups is 1. The minimum Gasteiger partial charge on any atom is -0.350 e. The summed E-state index contributed by atoms with van der Waals surface area (Å²) in [4.78, 5) is 13.6. The molecule has 2 rings (SSSR count). The van der Waals surface area contributed by atoms with Crippen molar-refractivity contribution in [2.75, 3.05) is 0 Å². The number of rotatable bonds is 3. The lowest BCUT2D eigenvalue weighted by molar-refractivity contribution is -0.128. The summed E-state index contributed by atoms with van der Waals surface area (Å²) in [5.41, 5.74) is 0.416. The Labute approximate surface area is 118 Å². The van der Waals surface area contributed by atoms with Crippen molar-refractivity contribution in [2.24, 2.45) is 5.41 Å². The fraction of sp³-hybridized carbons (Fsp3) is 0.600. The van der Waals surface area contributed by atoms with E-state index in [-0.39, 0.29) is 5.91 Å². The van der Waals surface area contributed by atoms with Crippen LogP contribution in [0.4, 0.5) is 0 Å². The maximum atomic E-state index is 12.4. The monoisotopic (exact) mass is 276 g/mol. The zero-order valence-corrected chi connectivity index (χ0v) is 12.2. The molecule has 1 saturated carbocycles. The standard InChI is InChI=1S/C15H20N2OS/c1-12-6-9-19-13(12)10-17-14(18)15(11-16)7-4-2-3-5-8-15/h6,9H,2-5,7-8,10H2,1H3,(H,17,18). The summed E-state index contributed by atoms with van der Waals surface area (Å²) in [5.74, 6) is -0.0790. The third-order valence-corrected chi connectivity index (χ3v) is 5.01. The molecule has 0 saturated heterocycles. The second kappa shape index (κ2) is 6.21. The molecule has 1 aliphatic carbocycles. The van der Waals surface area contributed by atoms with Crippen molar-refractivity contribution >= 4 is 17.2 Å². The highest BCUT2D eigenvalue weighted by Crippen LogP contribution is 2.34. The van der Waals surface area contributed by atoms with Crippen LogP contribution in [0.2, 0.25) is 0 Å². The number of nitrogens with zero attached hydrogens (tertiary/aromatic N) is 1. The minimum absolute atomic E-state index is 0.0790. The summed E-state index contributed by atoms with van der Waals surface area (Å²) in [7, 11) is 0. The Kier molecular flexibility index (Phi) is 4.60. The Hall–Kier alpha value is -1.34. The largest absolute Gasteiger partial charge is 0.350 e. The molecule has 0 bridgehead atoms. The molecule has 1 N–H and O–H groups in total. The van der Waals surface area contributed by atoms with Crippen LogP contribution in [0.5, 0.6) is 0 Å². The highest BCUT2D eigenvalue weighted by molar-refractivity contribution is 7.10. The number of nitriles is 1. The summed E-state index contributed by atoms with van der Waals surface area (Å²) < 4.78 is 0. The maximum Gasteiger partial charge on any atom is 0.240 e. The van der Waals surface area contributed by atoms with Crippen molar-refractivity contribution in [2.45, 2.75) is 52.0 Å². The van der Waals surface area contributed by atoms with Gasteiger partial charge in [0, 0.05) is 4.88 Å². The Morgan fingerprint density at radius 2 is 2.11 bits per heavy atom. The smallest absolute Gasteiger partial charge is 0.240 e. The quantitative estimate of drug-likeness (QED) is 0.858. The first-order valence-corrected chi connectivity index (χ1v) is 7.78. The van der Waals surface area contributed by atoms with Crippen LogP contribution in [0.25, 0.3) is 0 Å². The summed E-state index contributed by atoms with van der Waals surface area (Å²) in [6.07, 6.45) is 5.66. The van der Waals surface area contributed by atoms with E-state index >= 15 is 0 Å². The lowest BCUT2D eigenvalue weighted by atomic mass is 9.81. The third kappa shape index (κ3) is 3.16. The van der Waals surface area contributed by atoms with E-state index < -0.39 is 5.41 Å². The van der Waals surface area contributed by atoms with Gasteiger partial charge in [0.2, 0.25) is 5.91 Å². The number of aryl methyl sites for hydroxylation is 1. The van der Waals surface area contributed by atoms with Gasteiger partial charge in [0.1, 0.15) is 5.41 Å². The van der Waals surface area contributed by atoms with Gasteiger partial charge in [0.05, 0.1) is 12.6 Å². The van der Waals surface area contributed by atoms with Gasteiger partial charge in [-0.25, -0.2) is 0 Å². The molecule has 19 heavy (non-hydrogen) atoms. The van der Waals surface area contributed by atoms with Crippen LogP contribution in [0, 0.1) is 23.7 Å². The van der Waals surface area contributed by atoms with Gasteiger partial charge >= 0.3 is 0 Å². The minimum atomic E-state index is -0.790. The van der Waals surface area contributed by atoms with Gasteiger partial charge in [0.15, 0.2) is 0 Å². The molecule has 1 aliphatic rings. The number of hydrogen-bond donors (Lipinski definition) is 1. The van der Waals surface area contributed by atoms with Crippen molar-refractivity contribution < 1.29 is 4.79 Å². The van der Waals surface area contributed by atoms with E-state index in [1.165, 1.54) is 10.4 Å². The number of carbonyl (C=O) groups excluding carboxylic acids is 1. The molecule has 1 heterocycles. The van der Waals surface area contributed by atoms with Gasteiger partial charge in [-0.3, -0.25) is 4.79 Å². The molecule has 1 aromatic heterocycles. The summed E-state index contributed by atoms with van der Waals surface area (Å²) in [6.45, 7) is 2.59. The Morgan fingerprint density at radius 1 is 1.42 bits per heavy atom. The van der Waals surface area contributed by atoms with Crippen LogP contribution in [-0.2, 0) is 11.3 Å². The van der Waals surface area contributed by atoms with Crippen LogP contribution in [0.15, 0.2) is 11.4 Å². The molecule has 3 nitrogen and oxygen atoms in total. The van der Waals surface area contributed by atoms with Gasteiger partial charge in [-0.1, -0.05) is 25.7 Å². The van der Waals surface area contributed by atoms with Crippen molar-refractivity contribution in [3.8, 4) is 6.07 Å². The van der Waals surface area contributed by atoms with Crippen LogP contribution >= 0.6 is 11.3 Å². The first kappa shape index (κ1) is 14.1. The van der Waals surface area contributed by atoms with Crippen molar-refractivity contribution in [3.63, 3.8) is 0 Å². The summed E-state index contributed by atoms with van der Waals surface area (Å²) in [6, 6.07) is 4.35. The molecule has 0 atom stereocenters. The molecule has 1 aromatic rings. The van der Waals surface area contributed by atoms with E-state index in [0.717, 1.165) is 25.7 Å². The topological polar surface area (TPSA) is 52.9 Å². The molecule has 0 unspecified atom stereocenters. The third-order valence-electron chi connectivity index (χ3n) is 3.98. The Morgan fingerprint density at radius 3 is 2.63 bits per heavy atom. The molecule has 0 aromatic carbocycles.